The van der Waals surface area contributed by atoms with Crippen LogP contribution in [0, 0.1) is 0 Å². The Morgan fingerprint density at radius 2 is 1.85 bits per heavy atom. The Hall–Kier alpha value is -3.25. The number of ether oxygens (including phenoxy) is 1. The molecule has 0 N–H and O–H groups in total. The molecule has 128 valence electrons. The van der Waals surface area contributed by atoms with Crippen molar-refractivity contribution in [2.45, 2.75) is 6.61 Å². The second-order valence-corrected chi connectivity index (χ2v) is 6.43. The molecule has 0 aliphatic heterocycles. The van der Waals surface area contributed by atoms with Crippen LogP contribution < -0.4 is 5.63 Å². The van der Waals surface area contributed by atoms with Gasteiger partial charge in [0.2, 0.25) is 0 Å². The zero-order chi connectivity index (χ0) is 17.9. The summed E-state index contributed by atoms with van der Waals surface area (Å²) in [5.41, 5.74) is 1.23. The Balaban J connectivity index is 1.50. The lowest BCUT2D eigenvalue weighted by molar-refractivity contribution is 0.0464. The number of rotatable bonds is 4. The zero-order valence-corrected chi connectivity index (χ0v) is 14.4. The molecule has 2 aromatic heterocycles. The second-order valence-electron chi connectivity index (χ2n) is 5.57. The fraction of sp³-hybridized carbons (Fsp3) is 0.0500. The average molecular weight is 363 g/mol. The molecule has 2 heterocycles. The van der Waals surface area contributed by atoms with Crippen molar-refractivity contribution < 1.29 is 13.9 Å². The van der Waals surface area contributed by atoms with E-state index in [0.29, 0.717) is 16.7 Å². The van der Waals surface area contributed by atoms with E-state index in [1.54, 1.807) is 24.3 Å². The molecule has 0 spiro atoms. The van der Waals surface area contributed by atoms with E-state index in [1.165, 1.54) is 17.4 Å². The monoisotopic (exact) mass is 363 g/mol. The predicted octanol–water partition coefficient (Wildman–Crippen LogP) is 4.27. The van der Waals surface area contributed by atoms with Gasteiger partial charge in [0.15, 0.2) is 0 Å². The van der Waals surface area contributed by atoms with Gasteiger partial charge in [-0.2, -0.15) is 0 Å². The van der Waals surface area contributed by atoms with Crippen molar-refractivity contribution in [3.05, 3.63) is 87.7 Å². The summed E-state index contributed by atoms with van der Waals surface area (Å²) in [6.07, 6.45) is 0. The van der Waals surface area contributed by atoms with Crippen LogP contribution in [0.1, 0.15) is 16.1 Å². The second kappa shape index (κ2) is 6.93. The summed E-state index contributed by atoms with van der Waals surface area (Å²) >= 11 is 1.47. The summed E-state index contributed by atoms with van der Waals surface area (Å²) in [7, 11) is 0. The van der Waals surface area contributed by atoms with E-state index in [0.717, 1.165) is 10.6 Å². The van der Waals surface area contributed by atoms with E-state index in [4.69, 9.17) is 9.15 Å². The largest absolute Gasteiger partial charge is 0.455 e. The molecule has 0 amide bonds. The van der Waals surface area contributed by atoms with Gasteiger partial charge in [0.05, 0.1) is 5.69 Å². The molecule has 0 saturated heterocycles. The highest BCUT2D eigenvalue weighted by Crippen LogP contribution is 2.23. The maximum Gasteiger partial charge on any atom is 0.351 e. The van der Waals surface area contributed by atoms with Crippen LogP contribution in [0.2, 0.25) is 0 Å². The van der Waals surface area contributed by atoms with Gasteiger partial charge in [-0.25, -0.2) is 14.6 Å². The first-order chi connectivity index (χ1) is 12.7. The fourth-order valence-electron chi connectivity index (χ4n) is 2.51. The van der Waals surface area contributed by atoms with Gasteiger partial charge < -0.3 is 9.15 Å². The van der Waals surface area contributed by atoms with Crippen molar-refractivity contribution in [3.63, 3.8) is 0 Å². The maximum atomic E-state index is 12.3. The minimum absolute atomic E-state index is 0.00552. The fourth-order valence-corrected chi connectivity index (χ4v) is 3.32. The number of esters is 1. The highest BCUT2D eigenvalue weighted by Gasteiger charge is 2.16. The Morgan fingerprint density at radius 1 is 1.08 bits per heavy atom. The zero-order valence-electron chi connectivity index (χ0n) is 13.5. The predicted molar refractivity (Wildman–Crippen MR) is 99.2 cm³/mol. The first-order valence-corrected chi connectivity index (χ1v) is 8.78. The third-order valence-electron chi connectivity index (χ3n) is 3.78. The van der Waals surface area contributed by atoms with Gasteiger partial charge in [-0.1, -0.05) is 48.5 Å². The molecule has 0 unspecified atom stereocenters. The molecule has 5 nitrogen and oxygen atoms in total. The van der Waals surface area contributed by atoms with Crippen LogP contribution in [-0.2, 0) is 11.3 Å². The lowest BCUT2D eigenvalue weighted by atomic mass is 10.2. The van der Waals surface area contributed by atoms with Gasteiger partial charge in [0.25, 0.3) is 0 Å². The average Bonchev–Trinajstić information content (AvgIpc) is 3.15. The van der Waals surface area contributed by atoms with Crippen molar-refractivity contribution in [2.24, 2.45) is 0 Å². The van der Waals surface area contributed by atoms with E-state index < -0.39 is 11.6 Å². The Labute approximate surface area is 152 Å². The lowest BCUT2D eigenvalue weighted by Gasteiger charge is -2.03. The lowest BCUT2D eigenvalue weighted by Crippen LogP contribution is -2.16. The van der Waals surface area contributed by atoms with Crippen LogP contribution in [0.15, 0.2) is 75.3 Å². The summed E-state index contributed by atoms with van der Waals surface area (Å²) in [6.45, 7) is -0.00552. The summed E-state index contributed by atoms with van der Waals surface area (Å²) in [4.78, 5) is 28.7. The smallest absolute Gasteiger partial charge is 0.351 e. The van der Waals surface area contributed by atoms with Crippen LogP contribution in [0.25, 0.3) is 21.5 Å². The molecule has 0 aliphatic carbocycles. The van der Waals surface area contributed by atoms with Gasteiger partial charge >= 0.3 is 11.6 Å². The van der Waals surface area contributed by atoms with Crippen molar-refractivity contribution in [3.8, 4) is 10.6 Å². The Morgan fingerprint density at radius 3 is 2.69 bits per heavy atom. The molecule has 6 heteroatoms. The summed E-state index contributed by atoms with van der Waals surface area (Å²) in [5.74, 6) is -0.723. The summed E-state index contributed by atoms with van der Waals surface area (Å²) < 4.78 is 10.4. The number of aromatic nitrogens is 1. The van der Waals surface area contributed by atoms with Crippen molar-refractivity contribution in [2.75, 3.05) is 0 Å². The van der Waals surface area contributed by atoms with Crippen LogP contribution >= 0.6 is 11.3 Å². The molecular weight excluding hydrogens is 350 g/mol. The SMILES string of the molecule is O=C(OCc1csc(-c2ccccc2)n1)c1cc2ccccc2oc1=O. The van der Waals surface area contributed by atoms with Gasteiger partial charge in [0.1, 0.15) is 22.8 Å². The quantitative estimate of drug-likeness (QED) is 0.400. The van der Waals surface area contributed by atoms with Gasteiger partial charge in [-0.15, -0.1) is 11.3 Å². The molecule has 4 aromatic rings. The summed E-state index contributed by atoms with van der Waals surface area (Å²) in [6, 6.07) is 18.2. The van der Waals surface area contributed by atoms with E-state index >= 15 is 0 Å². The number of carbonyl (C=O) groups excluding carboxylic acids is 1. The molecule has 2 aromatic carbocycles. The molecule has 26 heavy (non-hydrogen) atoms. The third-order valence-corrected chi connectivity index (χ3v) is 4.73. The van der Waals surface area contributed by atoms with Crippen molar-refractivity contribution in [1.29, 1.82) is 0 Å². The summed E-state index contributed by atoms with van der Waals surface area (Å²) in [5, 5.41) is 3.35. The number of fused-ring (bicyclic) bond motifs is 1. The van der Waals surface area contributed by atoms with Crippen LogP contribution in [0.3, 0.4) is 0 Å². The number of nitrogens with zero attached hydrogens (tertiary/aromatic N) is 1. The minimum atomic E-state index is -0.723. The molecule has 0 aliphatic rings. The molecule has 0 fully saturated rings. The highest BCUT2D eigenvalue weighted by atomic mass is 32.1. The standard InChI is InChI=1S/C20H13NO4S/c22-19(16-10-14-8-4-5-9-17(14)25-20(16)23)24-11-15-12-26-18(21-15)13-6-2-1-3-7-13/h1-10,12H,11H2. The van der Waals surface area contributed by atoms with Crippen LogP contribution in [0.4, 0.5) is 0 Å². The maximum absolute atomic E-state index is 12.3. The van der Waals surface area contributed by atoms with E-state index in [2.05, 4.69) is 4.98 Å². The van der Waals surface area contributed by atoms with Gasteiger partial charge in [0, 0.05) is 16.3 Å². The molecular formula is C20H13NO4S. The third kappa shape index (κ3) is 3.27. The first-order valence-electron chi connectivity index (χ1n) is 7.90. The minimum Gasteiger partial charge on any atom is -0.455 e. The molecule has 0 radical (unpaired) electrons. The number of hydrogen-bond donors (Lipinski definition) is 0. The number of para-hydroxylation sites is 1. The van der Waals surface area contributed by atoms with E-state index in [1.807, 2.05) is 35.7 Å². The number of benzene rings is 2. The number of thiazole rings is 1. The molecule has 0 atom stereocenters. The van der Waals surface area contributed by atoms with Crippen molar-refractivity contribution >= 4 is 28.3 Å². The molecule has 4 rings (SSSR count). The first kappa shape index (κ1) is 16.2. The molecule has 0 bridgehead atoms. The van der Waals surface area contributed by atoms with E-state index in [9.17, 15) is 9.59 Å². The normalized spacial score (nSPS) is 10.8. The van der Waals surface area contributed by atoms with Crippen molar-refractivity contribution in [1.82, 2.24) is 4.98 Å². The molecule has 0 saturated carbocycles. The topological polar surface area (TPSA) is 69.4 Å². The Bertz CT molecular complexity index is 1130. The highest BCUT2D eigenvalue weighted by molar-refractivity contribution is 7.13. The van der Waals surface area contributed by atoms with Crippen LogP contribution in [-0.4, -0.2) is 11.0 Å². The number of hydrogen-bond acceptors (Lipinski definition) is 6. The van der Waals surface area contributed by atoms with Gasteiger partial charge in [-0.05, 0) is 12.1 Å². The van der Waals surface area contributed by atoms with E-state index in [-0.39, 0.29) is 12.2 Å². The Kier molecular flexibility index (Phi) is 4.33. The van der Waals surface area contributed by atoms with Crippen LogP contribution in [0.5, 0.6) is 0 Å². The number of carbonyl (C=O) groups is 1. The van der Waals surface area contributed by atoms with Gasteiger partial charge in [-0.3, -0.25) is 0 Å².